The van der Waals surface area contributed by atoms with E-state index < -0.39 is 0 Å². The molecule has 7 nitrogen and oxygen atoms in total. The van der Waals surface area contributed by atoms with Crippen LogP contribution in [0.1, 0.15) is 39.5 Å². The molecule has 0 saturated carbocycles. The van der Waals surface area contributed by atoms with Gasteiger partial charge in [0, 0.05) is 17.4 Å². The van der Waals surface area contributed by atoms with Crippen molar-refractivity contribution in [2.75, 3.05) is 12.0 Å². The second-order valence-electron chi connectivity index (χ2n) is 9.63. The van der Waals surface area contributed by atoms with Gasteiger partial charge in [0.15, 0.2) is 5.11 Å². The third-order valence-corrected chi connectivity index (χ3v) is 7.36. The molecule has 5 aromatic rings. The van der Waals surface area contributed by atoms with E-state index in [0.29, 0.717) is 16.4 Å². The first-order valence-corrected chi connectivity index (χ1v) is 13.6. The van der Waals surface area contributed by atoms with E-state index in [-0.39, 0.29) is 18.1 Å². The van der Waals surface area contributed by atoms with E-state index in [9.17, 15) is 4.79 Å². The minimum atomic E-state index is -0.383. The number of aryl methyl sites for hydroxylation is 1. The first-order valence-electron chi connectivity index (χ1n) is 13.1. The molecule has 0 radical (unpaired) electrons. The zero-order chi connectivity index (χ0) is 28.3. The molecule has 0 bridgehead atoms. The number of aromatic nitrogens is 1. The predicted molar refractivity (Wildman–Crippen MR) is 161 cm³/mol. The van der Waals surface area contributed by atoms with E-state index in [1.165, 1.54) is 7.11 Å². The molecule has 1 aliphatic heterocycles. The van der Waals surface area contributed by atoms with Crippen molar-refractivity contribution in [3.05, 3.63) is 132 Å². The molecular formula is C33H27N3O4S. The van der Waals surface area contributed by atoms with E-state index >= 15 is 0 Å². The number of esters is 1. The van der Waals surface area contributed by atoms with Gasteiger partial charge >= 0.3 is 5.97 Å². The summed E-state index contributed by atoms with van der Waals surface area (Å²) in [5, 5.41) is 4.03. The summed E-state index contributed by atoms with van der Waals surface area (Å²) in [6.45, 7) is 2.02. The third kappa shape index (κ3) is 5.29. The van der Waals surface area contributed by atoms with Crippen LogP contribution in [0.15, 0.2) is 114 Å². The van der Waals surface area contributed by atoms with Gasteiger partial charge in [-0.1, -0.05) is 36.4 Å². The molecule has 41 heavy (non-hydrogen) atoms. The number of hydrogen-bond acceptors (Lipinski definition) is 6. The van der Waals surface area contributed by atoms with Crippen molar-refractivity contribution < 1.29 is 18.7 Å². The van der Waals surface area contributed by atoms with Crippen molar-refractivity contribution in [1.29, 1.82) is 0 Å². The van der Waals surface area contributed by atoms with Gasteiger partial charge in [-0.15, -0.1) is 0 Å². The summed E-state index contributed by atoms with van der Waals surface area (Å²) >= 11 is 5.85. The molecule has 2 atom stereocenters. The number of thiocarbonyl (C=S) groups is 1. The number of ether oxygens (including phenoxy) is 2. The average Bonchev–Trinajstić information content (AvgIpc) is 3.63. The number of carbonyl (C=O) groups excluding carboxylic acids is 1. The van der Waals surface area contributed by atoms with Gasteiger partial charge in [0.05, 0.1) is 24.4 Å². The molecule has 1 aliphatic rings. The van der Waals surface area contributed by atoms with Gasteiger partial charge in [-0.25, -0.2) is 4.79 Å². The Morgan fingerprint density at radius 3 is 2.39 bits per heavy atom. The fraction of sp³-hybridized carbons (Fsp3) is 0.121. The largest absolute Gasteiger partial charge is 0.465 e. The number of furan rings is 1. The Morgan fingerprint density at radius 1 is 0.927 bits per heavy atom. The molecule has 3 heterocycles. The van der Waals surface area contributed by atoms with Gasteiger partial charge < -0.3 is 24.1 Å². The van der Waals surface area contributed by atoms with Crippen molar-refractivity contribution in [2.24, 2.45) is 0 Å². The van der Waals surface area contributed by atoms with Crippen LogP contribution >= 0.6 is 12.2 Å². The molecule has 0 spiro atoms. The lowest BCUT2D eigenvalue weighted by Gasteiger charge is -2.26. The fourth-order valence-electron chi connectivity index (χ4n) is 4.95. The van der Waals surface area contributed by atoms with Crippen molar-refractivity contribution in [1.82, 2.24) is 10.3 Å². The Morgan fingerprint density at radius 2 is 1.68 bits per heavy atom. The Balaban J connectivity index is 1.33. The fourth-order valence-corrected chi connectivity index (χ4v) is 5.30. The van der Waals surface area contributed by atoms with E-state index in [1.807, 2.05) is 97.9 Å². The second kappa shape index (κ2) is 11.3. The maximum absolute atomic E-state index is 11.9. The van der Waals surface area contributed by atoms with Crippen LogP contribution < -0.4 is 15.0 Å². The lowest BCUT2D eigenvalue weighted by atomic mass is 10.0. The zero-order valence-corrected chi connectivity index (χ0v) is 23.3. The molecule has 3 aromatic carbocycles. The van der Waals surface area contributed by atoms with E-state index in [0.717, 1.165) is 39.8 Å². The third-order valence-electron chi connectivity index (χ3n) is 7.04. The Labute approximate surface area is 243 Å². The highest BCUT2D eigenvalue weighted by atomic mass is 32.1. The minimum Gasteiger partial charge on any atom is -0.465 e. The van der Waals surface area contributed by atoms with Gasteiger partial charge in [0.2, 0.25) is 0 Å². The molecule has 204 valence electrons. The number of methoxy groups -OCH3 is 1. The average molecular weight is 562 g/mol. The van der Waals surface area contributed by atoms with Crippen LogP contribution in [0.5, 0.6) is 11.5 Å². The Kier molecular flexibility index (Phi) is 7.22. The normalized spacial score (nSPS) is 16.3. The highest BCUT2D eigenvalue weighted by molar-refractivity contribution is 7.80. The van der Waals surface area contributed by atoms with Crippen LogP contribution in [-0.4, -0.2) is 23.2 Å². The van der Waals surface area contributed by atoms with Crippen molar-refractivity contribution in [3.8, 4) is 22.8 Å². The van der Waals surface area contributed by atoms with Gasteiger partial charge in [-0.05, 0) is 91.4 Å². The standard InChI is InChI=1S/C33H27N3O4S/c1-21-7-3-4-9-27(21)39-25-16-14-24(15-17-25)36-31(30(35-33(36)41)26-8-5-6-20-34-26)29-19-18-28(40-29)22-10-12-23(13-11-22)32(37)38-2/h3-20,30-31H,1-2H3,(H,35,41)/t30-,31-/m0/s1. The highest BCUT2D eigenvalue weighted by Gasteiger charge is 2.42. The Hall–Kier alpha value is -4.95. The quantitative estimate of drug-likeness (QED) is 0.163. The zero-order valence-electron chi connectivity index (χ0n) is 22.5. The van der Waals surface area contributed by atoms with Crippen LogP contribution in [0.4, 0.5) is 5.69 Å². The summed E-state index contributed by atoms with van der Waals surface area (Å²) in [4.78, 5) is 18.5. The SMILES string of the molecule is COC(=O)c1ccc(-c2ccc([C@H]3[C@H](c4ccccn4)NC(=S)N3c3ccc(Oc4ccccc4C)cc3)o2)cc1. The van der Waals surface area contributed by atoms with Crippen LogP contribution in [0.2, 0.25) is 0 Å². The second-order valence-corrected chi connectivity index (χ2v) is 10.0. The van der Waals surface area contributed by atoms with Crippen LogP contribution in [-0.2, 0) is 4.74 Å². The summed E-state index contributed by atoms with van der Waals surface area (Å²) < 4.78 is 17.4. The number of rotatable bonds is 7. The van der Waals surface area contributed by atoms with Crippen LogP contribution in [0, 0.1) is 6.92 Å². The molecule has 2 aromatic heterocycles. The van der Waals surface area contributed by atoms with Gasteiger partial charge in [-0.3, -0.25) is 4.98 Å². The van der Waals surface area contributed by atoms with E-state index in [4.69, 9.17) is 26.1 Å². The van der Waals surface area contributed by atoms with Gasteiger partial charge in [0.1, 0.15) is 29.1 Å². The van der Waals surface area contributed by atoms with Gasteiger partial charge in [0.25, 0.3) is 0 Å². The number of nitrogens with one attached hydrogen (secondary N) is 1. The maximum atomic E-state index is 11.9. The van der Waals surface area contributed by atoms with Crippen molar-refractivity contribution >= 4 is 29.0 Å². The molecule has 0 amide bonds. The number of hydrogen-bond donors (Lipinski definition) is 1. The summed E-state index contributed by atoms with van der Waals surface area (Å²) in [5.74, 6) is 2.56. The number of benzene rings is 3. The molecule has 8 heteroatoms. The maximum Gasteiger partial charge on any atom is 0.337 e. The number of carbonyl (C=O) groups is 1. The molecule has 0 aliphatic carbocycles. The molecule has 1 N–H and O–H groups in total. The lowest BCUT2D eigenvalue weighted by Crippen LogP contribution is -2.29. The lowest BCUT2D eigenvalue weighted by molar-refractivity contribution is 0.0600. The minimum absolute atomic E-state index is 0.243. The first kappa shape index (κ1) is 26.3. The van der Waals surface area contributed by atoms with E-state index in [1.54, 1.807) is 18.3 Å². The van der Waals surface area contributed by atoms with E-state index in [2.05, 4.69) is 15.2 Å². The summed E-state index contributed by atoms with van der Waals surface area (Å²) in [7, 11) is 1.36. The number of para-hydroxylation sites is 1. The summed E-state index contributed by atoms with van der Waals surface area (Å²) in [5.41, 5.74) is 4.12. The number of anilines is 1. The molecular weight excluding hydrogens is 534 g/mol. The van der Waals surface area contributed by atoms with Crippen LogP contribution in [0.25, 0.3) is 11.3 Å². The smallest absolute Gasteiger partial charge is 0.337 e. The topological polar surface area (TPSA) is 76.8 Å². The molecule has 1 saturated heterocycles. The van der Waals surface area contributed by atoms with Crippen molar-refractivity contribution in [3.63, 3.8) is 0 Å². The van der Waals surface area contributed by atoms with Crippen LogP contribution in [0.3, 0.4) is 0 Å². The summed E-state index contributed by atoms with van der Waals surface area (Å²) in [6, 6.07) is 32.1. The summed E-state index contributed by atoms with van der Waals surface area (Å²) in [6.07, 6.45) is 1.77. The number of pyridine rings is 1. The monoisotopic (exact) mass is 561 g/mol. The molecule has 0 unspecified atom stereocenters. The highest BCUT2D eigenvalue weighted by Crippen LogP contribution is 2.43. The first-order chi connectivity index (χ1) is 20.0. The van der Waals surface area contributed by atoms with Gasteiger partial charge in [-0.2, -0.15) is 0 Å². The Bertz CT molecular complexity index is 1680. The predicted octanol–water partition coefficient (Wildman–Crippen LogP) is 7.41. The van der Waals surface area contributed by atoms with Crippen molar-refractivity contribution in [2.45, 2.75) is 19.0 Å². The molecule has 1 fully saturated rings. The molecule has 6 rings (SSSR count). The number of nitrogens with zero attached hydrogens (tertiary/aromatic N) is 2.